The monoisotopic (exact) mass is 390 g/mol. The summed E-state index contributed by atoms with van der Waals surface area (Å²) in [7, 11) is 0. The second kappa shape index (κ2) is 8.23. The second-order valence-corrected chi connectivity index (χ2v) is 6.56. The fraction of sp³-hybridized carbons (Fsp3) is 0.0400. The molecule has 0 aliphatic carbocycles. The predicted octanol–water partition coefficient (Wildman–Crippen LogP) is 7.02. The summed E-state index contributed by atoms with van der Waals surface area (Å²) in [6, 6.07) is 26.9. The lowest BCUT2D eigenvalue weighted by Gasteiger charge is -2.14. The number of hydrogen-bond acceptors (Lipinski definition) is 1. The minimum Gasteiger partial charge on any atom is -0.489 e. The fourth-order valence-electron chi connectivity index (χ4n) is 3.18. The SMILES string of the molecule is Fc1cc(-c2ccccc2)c(COc2ccc(-c3ccccc3)cc2)c(F)c1F. The van der Waals surface area contributed by atoms with Gasteiger partial charge in [-0.3, -0.25) is 0 Å². The third-order valence-corrected chi connectivity index (χ3v) is 4.69. The third-order valence-electron chi connectivity index (χ3n) is 4.69. The maximum atomic E-state index is 14.5. The van der Waals surface area contributed by atoms with E-state index in [2.05, 4.69) is 0 Å². The van der Waals surface area contributed by atoms with Crippen molar-refractivity contribution in [3.8, 4) is 28.0 Å². The molecule has 4 heteroatoms. The molecule has 0 amide bonds. The minimum atomic E-state index is -1.50. The van der Waals surface area contributed by atoms with E-state index in [4.69, 9.17) is 4.74 Å². The van der Waals surface area contributed by atoms with Crippen LogP contribution in [0.4, 0.5) is 13.2 Å². The maximum Gasteiger partial charge on any atom is 0.194 e. The summed E-state index contributed by atoms with van der Waals surface area (Å²) in [5.74, 6) is -3.45. The Kier molecular flexibility index (Phi) is 5.34. The Balaban J connectivity index is 1.61. The highest BCUT2D eigenvalue weighted by Gasteiger charge is 2.20. The lowest BCUT2D eigenvalue weighted by atomic mass is 9.99. The van der Waals surface area contributed by atoms with E-state index in [0.29, 0.717) is 11.3 Å². The second-order valence-electron chi connectivity index (χ2n) is 6.56. The highest BCUT2D eigenvalue weighted by atomic mass is 19.2. The van der Waals surface area contributed by atoms with Gasteiger partial charge < -0.3 is 4.74 Å². The molecule has 0 aromatic heterocycles. The molecule has 0 aliphatic rings. The summed E-state index contributed by atoms with van der Waals surface area (Å²) in [5, 5.41) is 0. The van der Waals surface area contributed by atoms with Crippen molar-refractivity contribution in [2.75, 3.05) is 0 Å². The molecule has 4 rings (SSSR count). The lowest BCUT2D eigenvalue weighted by molar-refractivity contribution is 0.296. The van der Waals surface area contributed by atoms with Gasteiger partial charge in [-0.25, -0.2) is 13.2 Å². The first-order valence-corrected chi connectivity index (χ1v) is 9.13. The molecule has 0 heterocycles. The Morgan fingerprint density at radius 2 is 1.14 bits per heavy atom. The van der Waals surface area contributed by atoms with E-state index in [1.165, 1.54) is 0 Å². The molecule has 0 atom stereocenters. The van der Waals surface area contributed by atoms with Crippen LogP contribution in [0.3, 0.4) is 0 Å². The smallest absolute Gasteiger partial charge is 0.194 e. The van der Waals surface area contributed by atoms with Crippen LogP contribution in [-0.4, -0.2) is 0 Å². The summed E-state index contributed by atoms with van der Waals surface area (Å²) in [4.78, 5) is 0. The number of benzene rings is 4. The Labute approximate surface area is 167 Å². The van der Waals surface area contributed by atoms with Gasteiger partial charge in [0.1, 0.15) is 12.4 Å². The van der Waals surface area contributed by atoms with Crippen molar-refractivity contribution in [1.82, 2.24) is 0 Å². The number of hydrogen-bond donors (Lipinski definition) is 0. The van der Waals surface area contributed by atoms with Crippen molar-refractivity contribution in [3.63, 3.8) is 0 Å². The molecule has 0 radical (unpaired) electrons. The first-order chi connectivity index (χ1) is 14.1. The Hall–Kier alpha value is -3.53. The molecular weight excluding hydrogens is 373 g/mol. The predicted molar refractivity (Wildman–Crippen MR) is 108 cm³/mol. The van der Waals surface area contributed by atoms with Gasteiger partial charge in [-0.05, 0) is 40.5 Å². The van der Waals surface area contributed by atoms with Crippen molar-refractivity contribution < 1.29 is 17.9 Å². The quantitative estimate of drug-likeness (QED) is 0.333. The van der Waals surface area contributed by atoms with Crippen molar-refractivity contribution >= 4 is 0 Å². The van der Waals surface area contributed by atoms with Crippen LogP contribution in [0.1, 0.15) is 5.56 Å². The van der Waals surface area contributed by atoms with Crippen LogP contribution in [0.15, 0.2) is 91.0 Å². The van der Waals surface area contributed by atoms with Gasteiger partial charge in [-0.15, -0.1) is 0 Å². The summed E-state index contributed by atoms with van der Waals surface area (Å²) in [6.07, 6.45) is 0. The molecule has 4 aromatic rings. The third kappa shape index (κ3) is 4.02. The van der Waals surface area contributed by atoms with Crippen LogP contribution in [0.25, 0.3) is 22.3 Å². The van der Waals surface area contributed by atoms with E-state index in [0.717, 1.165) is 17.2 Å². The first-order valence-electron chi connectivity index (χ1n) is 9.13. The van der Waals surface area contributed by atoms with Crippen molar-refractivity contribution in [3.05, 3.63) is 114 Å². The van der Waals surface area contributed by atoms with E-state index < -0.39 is 17.5 Å². The summed E-state index contributed by atoms with van der Waals surface area (Å²) in [5.41, 5.74) is 2.91. The number of rotatable bonds is 5. The summed E-state index contributed by atoms with van der Waals surface area (Å²) < 4.78 is 47.9. The van der Waals surface area contributed by atoms with Crippen LogP contribution < -0.4 is 4.74 Å². The molecule has 0 saturated heterocycles. The summed E-state index contributed by atoms with van der Waals surface area (Å²) in [6.45, 7) is -0.224. The number of halogens is 3. The molecule has 29 heavy (non-hydrogen) atoms. The van der Waals surface area contributed by atoms with Crippen LogP contribution in [0.5, 0.6) is 5.75 Å². The Bertz CT molecular complexity index is 1110. The van der Waals surface area contributed by atoms with Gasteiger partial charge in [0.2, 0.25) is 0 Å². The molecule has 4 aromatic carbocycles. The maximum absolute atomic E-state index is 14.5. The van der Waals surface area contributed by atoms with E-state index in [-0.39, 0.29) is 17.7 Å². The van der Waals surface area contributed by atoms with E-state index in [1.807, 2.05) is 42.5 Å². The largest absolute Gasteiger partial charge is 0.489 e. The molecule has 0 fully saturated rings. The molecular formula is C25H17F3O. The highest BCUT2D eigenvalue weighted by Crippen LogP contribution is 2.30. The van der Waals surface area contributed by atoms with Gasteiger partial charge in [0.25, 0.3) is 0 Å². The van der Waals surface area contributed by atoms with Crippen molar-refractivity contribution in [2.24, 2.45) is 0 Å². The van der Waals surface area contributed by atoms with E-state index >= 15 is 0 Å². The minimum absolute atomic E-state index is 0.0257. The highest BCUT2D eigenvalue weighted by molar-refractivity contribution is 5.68. The molecule has 1 nitrogen and oxygen atoms in total. The lowest BCUT2D eigenvalue weighted by Crippen LogP contribution is -2.05. The van der Waals surface area contributed by atoms with Crippen LogP contribution in [-0.2, 0) is 6.61 Å². The average Bonchev–Trinajstić information content (AvgIpc) is 2.78. The molecule has 0 spiro atoms. The zero-order valence-corrected chi connectivity index (χ0v) is 15.4. The zero-order chi connectivity index (χ0) is 20.2. The van der Waals surface area contributed by atoms with Gasteiger partial charge in [0.15, 0.2) is 17.5 Å². The molecule has 0 saturated carbocycles. The van der Waals surface area contributed by atoms with Crippen molar-refractivity contribution in [2.45, 2.75) is 6.61 Å². The van der Waals surface area contributed by atoms with Gasteiger partial charge >= 0.3 is 0 Å². The van der Waals surface area contributed by atoms with Crippen LogP contribution >= 0.6 is 0 Å². The van der Waals surface area contributed by atoms with Gasteiger partial charge in [0.05, 0.1) is 0 Å². The number of ether oxygens (including phenoxy) is 1. The Morgan fingerprint density at radius 3 is 1.76 bits per heavy atom. The van der Waals surface area contributed by atoms with E-state index in [1.54, 1.807) is 42.5 Å². The fourth-order valence-corrected chi connectivity index (χ4v) is 3.18. The molecule has 0 N–H and O–H groups in total. The average molecular weight is 390 g/mol. The van der Waals surface area contributed by atoms with Gasteiger partial charge in [-0.2, -0.15) is 0 Å². The molecule has 0 unspecified atom stereocenters. The van der Waals surface area contributed by atoms with Gasteiger partial charge in [-0.1, -0.05) is 72.8 Å². The zero-order valence-electron chi connectivity index (χ0n) is 15.4. The Morgan fingerprint density at radius 1 is 0.586 bits per heavy atom. The van der Waals surface area contributed by atoms with Gasteiger partial charge in [0, 0.05) is 5.56 Å². The topological polar surface area (TPSA) is 9.23 Å². The summed E-state index contributed by atoms with van der Waals surface area (Å²) >= 11 is 0. The molecule has 0 aliphatic heterocycles. The molecule has 0 bridgehead atoms. The van der Waals surface area contributed by atoms with Crippen molar-refractivity contribution in [1.29, 1.82) is 0 Å². The normalized spacial score (nSPS) is 10.7. The first kappa shape index (κ1) is 18.8. The standard InChI is InChI=1S/C25H17F3O/c26-23-15-21(19-9-5-2-6-10-19)22(24(27)25(23)28)16-29-20-13-11-18(12-14-20)17-7-3-1-4-8-17/h1-15H,16H2. The molecule has 144 valence electrons. The van der Waals surface area contributed by atoms with E-state index in [9.17, 15) is 13.2 Å². The van der Waals surface area contributed by atoms with Crippen LogP contribution in [0.2, 0.25) is 0 Å². The van der Waals surface area contributed by atoms with Crippen LogP contribution in [0, 0.1) is 17.5 Å².